The molecule has 0 amide bonds. The highest BCUT2D eigenvalue weighted by atomic mass is 32.2. The molecule has 0 saturated carbocycles. The van der Waals surface area contributed by atoms with Crippen molar-refractivity contribution in [3.8, 4) is 5.75 Å². The monoisotopic (exact) mass is 370 g/mol. The number of nitrogens with one attached hydrogen (secondary N) is 2. The molecule has 0 atom stereocenters. The van der Waals surface area contributed by atoms with E-state index in [-0.39, 0.29) is 17.0 Å². The molecule has 0 radical (unpaired) electrons. The SMILES string of the molecule is O=[N+]([O-])c1ccc(O)c(/C=N\Nc2nc(SCc3ccccc3)n[nH]2)c1. The lowest BCUT2D eigenvalue weighted by molar-refractivity contribution is -0.384. The van der Waals surface area contributed by atoms with E-state index >= 15 is 0 Å². The van der Waals surface area contributed by atoms with Crippen LogP contribution in [0.15, 0.2) is 58.8 Å². The van der Waals surface area contributed by atoms with Crippen LogP contribution in [0.3, 0.4) is 0 Å². The standard InChI is InChI=1S/C16H14N6O3S/c23-14-7-6-13(22(24)25)8-12(14)9-17-19-15-18-16(21-20-15)26-10-11-4-2-1-3-5-11/h1-9,23H,10H2,(H2,18,19,20,21)/b17-9-. The number of aromatic amines is 1. The Morgan fingerprint density at radius 3 is 2.88 bits per heavy atom. The second kappa shape index (κ2) is 8.12. The van der Waals surface area contributed by atoms with Gasteiger partial charge in [0.05, 0.1) is 11.1 Å². The van der Waals surface area contributed by atoms with E-state index in [1.165, 1.54) is 36.2 Å². The third-order valence-corrected chi connectivity index (χ3v) is 4.19. The summed E-state index contributed by atoms with van der Waals surface area (Å²) in [5, 5.41) is 31.7. The Morgan fingerprint density at radius 1 is 1.31 bits per heavy atom. The molecule has 2 aromatic carbocycles. The summed E-state index contributed by atoms with van der Waals surface area (Å²) in [5.74, 6) is 0.947. The van der Waals surface area contributed by atoms with Gasteiger partial charge in [0, 0.05) is 23.4 Å². The van der Waals surface area contributed by atoms with E-state index in [2.05, 4.69) is 25.7 Å². The summed E-state index contributed by atoms with van der Waals surface area (Å²) >= 11 is 1.47. The number of anilines is 1. The number of aromatic hydroxyl groups is 1. The number of phenols is 1. The summed E-state index contributed by atoms with van der Waals surface area (Å²) in [6, 6.07) is 13.6. The molecule has 0 saturated heterocycles. The van der Waals surface area contributed by atoms with Crippen molar-refractivity contribution in [2.75, 3.05) is 5.43 Å². The largest absolute Gasteiger partial charge is 0.507 e. The first kappa shape index (κ1) is 17.4. The van der Waals surface area contributed by atoms with Crippen molar-refractivity contribution in [2.24, 2.45) is 5.10 Å². The van der Waals surface area contributed by atoms with E-state index in [9.17, 15) is 15.2 Å². The molecule has 132 valence electrons. The van der Waals surface area contributed by atoms with Crippen LogP contribution >= 0.6 is 11.8 Å². The van der Waals surface area contributed by atoms with Gasteiger partial charge in [-0.1, -0.05) is 42.1 Å². The molecular weight excluding hydrogens is 356 g/mol. The fraction of sp³-hybridized carbons (Fsp3) is 0.0625. The lowest BCUT2D eigenvalue weighted by Gasteiger charge is -1.98. The van der Waals surface area contributed by atoms with E-state index in [0.29, 0.717) is 11.1 Å². The summed E-state index contributed by atoms with van der Waals surface area (Å²) < 4.78 is 0. The number of nitrogens with zero attached hydrogens (tertiary/aromatic N) is 4. The molecule has 0 aliphatic heterocycles. The van der Waals surface area contributed by atoms with Crippen LogP contribution in [0.5, 0.6) is 5.75 Å². The molecule has 0 aliphatic carbocycles. The van der Waals surface area contributed by atoms with Gasteiger partial charge >= 0.3 is 0 Å². The number of non-ortho nitro benzene ring substituents is 1. The molecule has 0 spiro atoms. The zero-order valence-electron chi connectivity index (χ0n) is 13.4. The van der Waals surface area contributed by atoms with E-state index in [4.69, 9.17) is 0 Å². The highest BCUT2D eigenvalue weighted by Gasteiger charge is 2.09. The van der Waals surface area contributed by atoms with Crippen molar-refractivity contribution in [1.82, 2.24) is 15.2 Å². The maximum absolute atomic E-state index is 10.8. The van der Waals surface area contributed by atoms with Gasteiger partial charge in [0.1, 0.15) is 5.75 Å². The quantitative estimate of drug-likeness (QED) is 0.252. The number of aromatic nitrogens is 3. The zero-order chi connectivity index (χ0) is 18.4. The molecule has 3 rings (SSSR count). The molecular formula is C16H14N6O3S. The molecule has 1 heterocycles. The number of nitro groups is 1. The highest BCUT2D eigenvalue weighted by Crippen LogP contribution is 2.22. The van der Waals surface area contributed by atoms with E-state index < -0.39 is 4.92 Å². The highest BCUT2D eigenvalue weighted by molar-refractivity contribution is 7.98. The Labute approximate surface area is 152 Å². The smallest absolute Gasteiger partial charge is 0.270 e. The van der Waals surface area contributed by atoms with Crippen LogP contribution in [-0.4, -0.2) is 31.4 Å². The number of benzene rings is 2. The van der Waals surface area contributed by atoms with E-state index in [1.807, 2.05) is 30.3 Å². The van der Waals surface area contributed by atoms with Gasteiger partial charge in [-0.2, -0.15) is 10.1 Å². The predicted octanol–water partition coefficient (Wildman–Crippen LogP) is 3.16. The molecule has 10 heteroatoms. The second-order valence-electron chi connectivity index (χ2n) is 5.11. The van der Waals surface area contributed by atoms with Crippen molar-refractivity contribution < 1.29 is 10.0 Å². The fourth-order valence-corrected chi connectivity index (χ4v) is 2.76. The van der Waals surface area contributed by atoms with Crippen molar-refractivity contribution in [2.45, 2.75) is 10.9 Å². The third kappa shape index (κ3) is 4.57. The number of H-pyrrole nitrogens is 1. The Hall–Kier alpha value is -3.40. The zero-order valence-corrected chi connectivity index (χ0v) is 14.2. The van der Waals surface area contributed by atoms with Crippen molar-refractivity contribution >= 4 is 29.6 Å². The van der Waals surface area contributed by atoms with E-state index in [0.717, 1.165) is 11.3 Å². The van der Waals surface area contributed by atoms with Crippen LogP contribution in [-0.2, 0) is 5.75 Å². The molecule has 0 aliphatic rings. The number of rotatable bonds is 7. The minimum absolute atomic E-state index is 0.113. The Bertz CT molecular complexity index is 929. The van der Waals surface area contributed by atoms with Gasteiger partial charge in [-0.05, 0) is 11.6 Å². The maximum Gasteiger partial charge on any atom is 0.270 e. The summed E-state index contributed by atoms with van der Waals surface area (Å²) in [6.07, 6.45) is 1.27. The average molecular weight is 370 g/mol. The van der Waals surface area contributed by atoms with Crippen molar-refractivity contribution in [1.29, 1.82) is 0 Å². The Balaban J connectivity index is 1.58. The first-order valence-corrected chi connectivity index (χ1v) is 8.46. The molecule has 1 aromatic heterocycles. The van der Waals surface area contributed by atoms with Crippen LogP contribution < -0.4 is 5.43 Å². The maximum atomic E-state index is 10.8. The summed E-state index contributed by atoms with van der Waals surface area (Å²) in [5.41, 5.74) is 3.87. The van der Waals surface area contributed by atoms with Gasteiger partial charge in [0.2, 0.25) is 11.1 Å². The first-order chi connectivity index (χ1) is 12.6. The molecule has 0 unspecified atom stereocenters. The number of phenolic OH excluding ortho intramolecular Hbond substituents is 1. The molecule has 0 bridgehead atoms. The topological polar surface area (TPSA) is 129 Å². The molecule has 0 fully saturated rings. The summed E-state index contributed by atoms with van der Waals surface area (Å²) in [7, 11) is 0. The number of hydrogen-bond acceptors (Lipinski definition) is 8. The average Bonchev–Trinajstić information content (AvgIpc) is 3.10. The summed E-state index contributed by atoms with van der Waals surface area (Å²) in [6.45, 7) is 0. The van der Waals surface area contributed by atoms with Gasteiger partial charge in [0.15, 0.2) is 0 Å². The summed E-state index contributed by atoms with van der Waals surface area (Å²) in [4.78, 5) is 14.4. The van der Waals surface area contributed by atoms with Crippen LogP contribution in [0.25, 0.3) is 0 Å². The third-order valence-electron chi connectivity index (χ3n) is 3.27. The molecule has 3 N–H and O–H groups in total. The van der Waals surface area contributed by atoms with Gasteiger partial charge < -0.3 is 5.11 Å². The fourth-order valence-electron chi connectivity index (χ4n) is 2.00. The van der Waals surface area contributed by atoms with Crippen LogP contribution in [0, 0.1) is 10.1 Å². The molecule has 26 heavy (non-hydrogen) atoms. The van der Waals surface area contributed by atoms with Crippen LogP contribution in [0.1, 0.15) is 11.1 Å². The van der Waals surface area contributed by atoms with Crippen molar-refractivity contribution in [3.05, 3.63) is 69.8 Å². The Morgan fingerprint density at radius 2 is 2.12 bits per heavy atom. The number of nitro benzene ring substituents is 1. The van der Waals surface area contributed by atoms with Gasteiger partial charge in [0.25, 0.3) is 5.69 Å². The molecule has 3 aromatic rings. The minimum atomic E-state index is -0.545. The first-order valence-electron chi connectivity index (χ1n) is 7.47. The van der Waals surface area contributed by atoms with Crippen LogP contribution in [0.4, 0.5) is 11.6 Å². The predicted molar refractivity (Wildman–Crippen MR) is 98.4 cm³/mol. The van der Waals surface area contributed by atoms with E-state index in [1.54, 1.807) is 0 Å². The van der Waals surface area contributed by atoms with Crippen molar-refractivity contribution in [3.63, 3.8) is 0 Å². The lowest BCUT2D eigenvalue weighted by atomic mass is 10.2. The molecule has 9 nitrogen and oxygen atoms in total. The van der Waals surface area contributed by atoms with Gasteiger partial charge in [-0.3, -0.25) is 10.1 Å². The lowest BCUT2D eigenvalue weighted by Crippen LogP contribution is -1.94. The van der Waals surface area contributed by atoms with Gasteiger partial charge in [-0.25, -0.2) is 10.5 Å². The van der Waals surface area contributed by atoms with Crippen LogP contribution in [0.2, 0.25) is 0 Å². The number of thioether (sulfide) groups is 1. The Kier molecular flexibility index (Phi) is 5.44. The number of hydrazone groups is 1. The van der Waals surface area contributed by atoms with Gasteiger partial charge in [-0.15, -0.1) is 5.10 Å². The normalized spacial score (nSPS) is 10.9. The second-order valence-corrected chi connectivity index (χ2v) is 6.05. The number of hydrogen-bond donors (Lipinski definition) is 3. The minimum Gasteiger partial charge on any atom is -0.507 e.